The third-order valence-corrected chi connectivity index (χ3v) is 6.10. The number of nitrogens with zero attached hydrogens (tertiary/aromatic N) is 1. The van der Waals surface area contributed by atoms with Crippen LogP contribution < -0.4 is 19.5 Å². The van der Waals surface area contributed by atoms with Crippen molar-refractivity contribution in [2.24, 2.45) is 0 Å². The zero-order valence-electron chi connectivity index (χ0n) is 19.2. The Labute approximate surface area is 188 Å². The number of aromatic amines is 1. The highest BCUT2D eigenvalue weighted by Crippen LogP contribution is 2.41. The van der Waals surface area contributed by atoms with Gasteiger partial charge in [0.1, 0.15) is 11.4 Å². The van der Waals surface area contributed by atoms with Crippen molar-refractivity contribution in [3.05, 3.63) is 53.2 Å². The van der Waals surface area contributed by atoms with Crippen LogP contribution in [-0.2, 0) is 6.54 Å². The van der Waals surface area contributed by atoms with Gasteiger partial charge < -0.3 is 24.5 Å². The van der Waals surface area contributed by atoms with E-state index in [0.717, 1.165) is 37.9 Å². The summed E-state index contributed by atoms with van der Waals surface area (Å²) >= 11 is 0. The van der Waals surface area contributed by atoms with Gasteiger partial charge in [-0.15, -0.1) is 0 Å². The molecular formula is C25H31N3O4. The molecule has 1 aliphatic heterocycles. The van der Waals surface area contributed by atoms with Gasteiger partial charge in [0, 0.05) is 37.1 Å². The van der Waals surface area contributed by atoms with Gasteiger partial charge in [0.25, 0.3) is 5.91 Å². The lowest BCUT2D eigenvalue weighted by Gasteiger charge is -2.32. The first kappa shape index (κ1) is 22.0. The van der Waals surface area contributed by atoms with E-state index in [-0.39, 0.29) is 11.9 Å². The number of amides is 1. The number of aromatic nitrogens is 1. The first-order chi connectivity index (χ1) is 15.5. The second-order valence-corrected chi connectivity index (χ2v) is 8.30. The van der Waals surface area contributed by atoms with E-state index in [1.165, 1.54) is 11.1 Å². The van der Waals surface area contributed by atoms with Crippen molar-refractivity contribution in [1.82, 2.24) is 15.2 Å². The Morgan fingerprint density at radius 2 is 1.81 bits per heavy atom. The van der Waals surface area contributed by atoms with E-state index in [2.05, 4.69) is 46.4 Å². The Kier molecular flexibility index (Phi) is 6.55. The molecule has 170 valence electrons. The van der Waals surface area contributed by atoms with Crippen LogP contribution in [-0.4, -0.2) is 56.3 Å². The topological polar surface area (TPSA) is 75.8 Å². The summed E-state index contributed by atoms with van der Waals surface area (Å²) in [5.41, 5.74) is 3.78. The Balaban J connectivity index is 1.42. The van der Waals surface area contributed by atoms with Crippen LogP contribution in [0.4, 0.5) is 0 Å². The van der Waals surface area contributed by atoms with Gasteiger partial charge in [-0.25, -0.2) is 0 Å². The van der Waals surface area contributed by atoms with Gasteiger partial charge in [0.2, 0.25) is 0 Å². The average molecular weight is 438 g/mol. The molecule has 7 heteroatoms. The molecule has 4 rings (SSSR count). The first-order valence-electron chi connectivity index (χ1n) is 10.9. The number of benzene rings is 2. The molecule has 7 nitrogen and oxygen atoms in total. The molecule has 0 atom stereocenters. The highest BCUT2D eigenvalue weighted by Gasteiger charge is 2.24. The van der Waals surface area contributed by atoms with Crippen molar-refractivity contribution in [2.75, 3.05) is 34.4 Å². The predicted molar refractivity (Wildman–Crippen MR) is 125 cm³/mol. The number of rotatable bonds is 7. The lowest BCUT2D eigenvalue weighted by Crippen LogP contribution is -2.44. The third kappa shape index (κ3) is 4.53. The summed E-state index contributed by atoms with van der Waals surface area (Å²) in [4.78, 5) is 18.6. The molecule has 0 spiro atoms. The van der Waals surface area contributed by atoms with Crippen LogP contribution in [0.25, 0.3) is 10.9 Å². The van der Waals surface area contributed by atoms with Gasteiger partial charge >= 0.3 is 0 Å². The largest absolute Gasteiger partial charge is 0.496 e. The number of hydrogen-bond donors (Lipinski definition) is 2. The smallest absolute Gasteiger partial charge is 0.267 e. The van der Waals surface area contributed by atoms with Gasteiger partial charge in [0.15, 0.2) is 11.5 Å². The summed E-state index contributed by atoms with van der Waals surface area (Å²) in [6.07, 6.45) is 1.86. The molecule has 1 saturated heterocycles. The van der Waals surface area contributed by atoms with Gasteiger partial charge in [0.05, 0.1) is 26.8 Å². The van der Waals surface area contributed by atoms with Crippen molar-refractivity contribution in [2.45, 2.75) is 32.4 Å². The molecule has 1 aliphatic rings. The molecule has 0 saturated carbocycles. The average Bonchev–Trinajstić information content (AvgIpc) is 3.25. The van der Waals surface area contributed by atoms with E-state index in [9.17, 15) is 4.79 Å². The summed E-state index contributed by atoms with van der Waals surface area (Å²) in [7, 11) is 4.75. The van der Waals surface area contributed by atoms with Crippen molar-refractivity contribution in [1.29, 1.82) is 0 Å². The fourth-order valence-electron chi connectivity index (χ4n) is 4.43. The normalized spacial score (nSPS) is 15.0. The molecule has 1 aromatic heterocycles. The highest BCUT2D eigenvalue weighted by molar-refractivity contribution is 6.02. The zero-order valence-corrected chi connectivity index (χ0v) is 19.2. The summed E-state index contributed by atoms with van der Waals surface area (Å²) < 4.78 is 16.4. The predicted octanol–water partition coefficient (Wildman–Crippen LogP) is 3.90. The van der Waals surface area contributed by atoms with Crippen molar-refractivity contribution in [3.63, 3.8) is 0 Å². The fourth-order valence-corrected chi connectivity index (χ4v) is 4.43. The molecule has 1 amide bonds. The Hall–Kier alpha value is -3.19. The van der Waals surface area contributed by atoms with Crippen molar-refractivity contribution in [3.8, 4) is 17.2 Å². The maximum absolute atomic E-state index is 13.0. The van der Waals surface area contributed by atoms with E-state index in [0.29, 0.717) is 28.5 Å². The third-order valence-electron chi connectivity index (χ3n) is 6.10. The summed E-state index contributed by atoms with van der Waals surface area (Å²) in [6.45, 7) is 5.00. The number of carbonyl (C=O) groups excluding carboxylic acids is 1. The minimum atomic E-state index is -0.124. The second-order valence-electron chi connectivity index (χ2n) is 8.30. The summed E-state index contributed by atoms with van der Waals surface area (Å²) in [5.74, 6) is 1.59. The first-order valence-corrected chi connectivity index (χ1v) is 10.9. The van der Waals surface area contributed by atoms with E-state index < -0.39 is 0 Å². The van der Waals surface area contributed by atoms with Gasteiger partial charge in [-0.2, -0.15) is 0 Å². The van der Waals surface area contributed by atoms with Crippen LogP contribution in [0, 0.1) is 6.92 Å². The molecule has 2 aromatic carbocycles. The number of methoxy groups -OCH3 is 3. The van der Waals surface area contributed by atoms with Crippen LogP contribution in [0.3, 0.4) is 0 Å². The Bertz CT molecular complexity index is 1100. The van der Waals surface area contributed by atoms with Crippen LogP contribution in [0.2, 0.25) is 0 Å². The Morgan fingerprint density at radius 1 is 1.06 bits per heavy atom. The lowest BCUT2D eigenvalue weighted by atomic mass is 10.0. The SMILES string of the molecule is COc1cc(OC)c2cc(C(=O)NC3CCN(Cc4cccc(C)c4)CC3)[nH]c2c1OC. The standard InChI is InChI=1S/C25H31N3O4/c1-16-6-5-7-17(12-16)15-28-10-8-18(9-11-28)26-25(29)20-13-19-21(30-2)14-22(31-3)24(32-4)23(19)27-20/h5-7,12-14,18,27H,8-11,15H2,1-4H3,(H,26,29). The minimum Gasteiger partial charge on any atom is -0.496 e. The lowest BCUT2D eigenvalue weighted by molar-refractivity contribution is 0.0904. The van der Waals surface area contributed by atoms with Gasteiger partial charge in [-0.3, -0.25) is 9.69 Å². The van der Waals surface area contributed by atoms with Crippen LogP contribution in [0.5, 0.6) is 17.2 Å². The number of fused-ring (bicyclic) bond motifs is 1. The van der Waals surface area contributed by atoms with Crippen molar-refractivity contribution >= 4 is 16.8 Å². The fraction of sp³-hybridized carbons (Fsp3) is 0.400. The summed E-state index contributed by atoms with van der Waals surface area (Å²) in [5, 5.41) is 3.96. The van der Waals surface area contributed by atoms with Crippen LogP contribution in [0.15, 0.2) is 36.4 Å². The maximum atomic E-state index is 13.0. The molecule has 0 unspecified atom stereocenters. The number of hydrogen-bond acceptors (Lipinski definition) is 5. The van der Waals surface area contributed by atoms with Gasteiger partial charge in [-0.05, 0) is 31.4 Å². The molecule has 0 aliphatic carbocycles. The Morgan fingerprint density at radius 3 is 2.47 bits per heavy atom. The van der Waals surface area contributed by atoms with E-state index >= 15 is 0 Å². The van der Waals surface area contributed by atoms with Crippen LogP contribution in [0.1, 0.15) is 34.5 Å². The van der Waals surface area contributed by atoms with Gasteiger partial charge in [-0.1, -0.05) is 29.8 Å². The number of carbonyl (C=O) groups is 1. The van der Waals surface area contributed by atoms with E-state index in [1.807, 2.05) is 0 Å². The number of nitrogens with one attached hydrogen (secondary N) is 2. The second kappa shape index (κ2) is 9.53. The molecule has 32 heavy (non-hydrogen) atoms. The molecular weight excluding hydrogens is 406 g/mol. The molecule has 0 bridgehead atoms. The van der Waals surface area contributed by atoms with E-state index in [1.54, 1.807) is 33.5 Å². The molecule has 2 N–H and O–H groups in total. The van der Waals surface area contributed by atoms with E-state index in [4.69, 9.17) is 14.2 Å². The molecule has 1 fully saturated rings. The molecule has 0 radical (unpaired) electrons. The summed E-state index contributed by atoms with van der Waals surface area (Å²) in [6, 6.07) is 12.4. The maximum Gasteiger partial charge on any atom is 0.267 e. The number of piperidine rings is 1. The number of ether oxygens (including phenoxy) is 3. The minimum absolute atomic E-state index is 0.124. The molecule has 2 heterocycles. The highest BCUT2D eigenvalue weighted by atomic mass is 16.5. The van der Waals surface area contributed by atoms with Crippen LogP contribution >= 0.6 is 0 Å². The molecule has 3 aromatic rings. The van der Waals surface area contributed by atoms with Crippen molar-refractivity contribution < 1.29 is 19.0 Å². The quantitative estimate of drug-likeness (QED) is 0.586. The monoisotopic (exact) mass is 437 g/mol. The number of H-pyrrole nitrogens is 1. The number of likely N-dealkylation sites (tertiary alicyclic amines) is 1. The zero-order chi connectivity index (χ0) is 22.7. The number of aryl methyl sites for hydroxylation is 1.